The minimum atomic E-state index is -1.57. The summed E-state index contributed by atoms with van der Waals surface area (Å²) in [4.78, 5) is 42.3. The van der Waals surface area contributed by atoms with E-state index in [1.54, 1.807) is 0 Å². The average Bonchev–Trinajstić information content (AvgIpc) is 2.34. The maximum absolute atomic E-state index is 11.1. The van der Waals surface area contributed by atoms with Crippen LogP contribution in [0.4, 0.5) is 0 Å². The second-order valence-electron chi connectivity index (χ2n) is 3.40. The van der Waals surface area contributed by atoms with Crippen molar-refractivity contribution in [3.05, 3.63) is 0 Å². The molecule has 0 saturated carbocycles. The molecule has 0 fully saturated rings. The van der Waals surface area contributed by atoms with Gasteiger partial charge < -0.3 is 19.3 Å². The summed E-state index contributed by atoms with van der Waals surface area (Å²) in [6, 6.07) is 0. The molecular weight excluding hydrogens is 260 g/mol. The largest absolute Gasteiger partial charge is 0.476 e. The van der Waals surface area contributed by atoms with E-state index in [-0.39, 0.29) is 39.3 Å². The van der Waals surface area contributed by atoms with Crippen molar-refractivity contribution in [2.75, 3.05) is 26.4 Å². The summed E-state index contributed by atoms with van der Waals surface area (Å²) in [5.41, 5.74) is 0. The van der Waals surface area contributed by atoms with Crippen LogP contribution < -0.4 is 0 Å². The highest BCUT2D eigenvalue weighted by Gasteiger charge is 2.13. The zero-order valence-corrected chi connectivity index (χ0v) is 10.5. The van der Waals surface area contributed by atoms with Crippen molar-refractivity contribution in [1.29, 1.82) is 0 Å². The second-order valence-corrected chi connectivity index (χ2v) is 3.40. The molecule has 0 rings (SSSR count). The number of ketones is 1. The zero-order valence-electron chi connectivity index (χ0n) is 10.5. The number of carbonyl (C=O) groups excluding carboxylic acids is 3. The SMILES string of the molecule is CC(=O)OCCOCCOC(=O)CCC(=O)C(=O)O. The molecule has 0 aromatic heterocycles. The van der Waals surface area contributed by atoms with Crippen molar-refractivity contribution >= 4 is 23.7 Å². The number of hydrogen-bond acceptors (Lipinski definition) is 7. The standard InChI is InChI=1S/C11H16O8/c1-8(12)18-6-4-17-5-7-19-10(14)3-2-9(13)11(15)16/h2-7H2,1H3,(H,15,16). The summed E-state index contributed by atoms with van der Waals surface area (Å²) in [6.07, 6.45) is -0.667. The first-order valence-electron chi connectivity index (χ1n) is 5.56. The summed E-state index contributed by atoms with van der Waals surface area (Å²) in [6.45, 7) is 1.70. The third-order valence-corrected chi connectivity index (χ3v) is 1.82. The highest BCUT2D eigenvalue weighted by atomic mass is 16.6. The number of Topliss-reactive ketones (excluding diaryl/α,β-unsaturated/α-hetero) is 1. The smallest absolute Gasteiger partial charge is 0.372 e. The summed E-state index contributed by atoms with van der Waals surface area (Å²) >= 11 is 0. The van der Waals surface area contributed by atoms with Crippen molar-refractivity contribution in [1.82, 2.24) is 0 Å². The fraction of sp³-hybridized carbons (Fsp3) is 0.636. The molecule has 0 unspecified atom stereocenters. The summed E-state index contributed by atoms with van der Waals surface area (Å²) in [7, 11) is 0. The van der Waals surface area contributed by atoms with Crippen molar-refractivity contribution in [2.24, 2.45) is 0 Å². The molecule has 1 N–H and O–H groups in total. The van der Waals surface area contributed by atoms with Crippen molar-refractivity contribution in [3.8, 4) is 0 Å². The minimum Gasteiger partial charge on any atom is -0.476 e. The van der Waals surface area contributed by atoms with Crippen LogP contribution in [-0.4, -0.2) is 55.2 Å². The predicted molar refractivity (Wildman–Crippen MR) is 60.3 cm³/mol. The van der Waals surface area contributed by atoms with Gasteiger partial charge in [0, 0.05) is 13.3 Å². The van der Waals surface area contributed by atoms with E-state index in [1.165, 1.54) is 6.92 Å². The van der Waals surface area contributed by atoms with Gasteiger partial charge in [-0.3, -0.25) is 14.4 Å². The Morgan fingerprint density at radius 2 is 1.47 bits per heavy atom. The number of hydrogen-bond donors (Lipinski definition) is 1. The Kier molecular flexibility index (Phi) is 8.98. The fourth-order valence-electron chi connectivity index (χ4n) is 0.956. The van der Waals surface area contributed by atoms with Gasteiger partial charge in [-0.05, 0) is 0 Å². The number of carboxylic acid groups (broad SMARTS) is 1. The highest BCUT2D eigenvalue weighted by molar-refractivity contribution is 6.32. The van der Waals surface area contributed by atoms with E-state index in [0.29, 0.717) is 0 Å². The molecule has 0 aliphatic heterocycles. The first-order valence-corrected chi connectivity index (χ1v) is 5.56. The van der Waals surface area contributed by atoms with Crippen molar-refractivity contribution in [3.63, 3.8) is 0 Å². The topological polar surface area (TPSA) is 116 Å². The van der Waals surface area contributed by atoms with E-state index in [1.807, 2.05) is 0 Å². The molecule has 19 heavy (non-hydrogen) atoms. The summed E-state index contributed by atoms with van der Waals surface area (Å²) in [5.74, 6) is -3.67. The van der Waals surface area contributed by atoms with Gasteiger partial charge in [0.25, 0.3) is 0 Å². The van der Waals surface area contributed by atoms with Crippen LogP contribution in [0.2, 0.25) is 0 Å². The molecule has 0 atom stereocenters. The molecule has 0 heterocycles. The van der Waals surface area contributed by atoms with Gasteiger partial charge in [0.2, 0.25) is 5.78 Å². The van der Waals surface area contributed by atoms with Crippen molar-refractivity contribution in [2.45, 2.75) is 19.8 Å². The van der Waals surface area contributed by atoms with Gasteiger partial charge in [-0.2, -0.15) is 0 Å². The first kappa shape index (κ1) is 17.0. The zero-order chi connectivity index (χ0) is 14.7. The number of esters is 2. The van der Waals surface area contributed by atoms with Crippen LogP contribution in [0.3, 0.4) is 0 Å². The lowest BCUT2D eigenvalue weighted by Gasteiger charge is -2.05. The van der Waals surface area contributed by atoms with Crippen LogP contribution in [0.25, 0.3) is 0 Å². The molecule has 0 radical (unpaired) electrons. The molecule has 0 aromatic carbocycles. The molecule has 0 aliphatic carbocycles. The normalized spacial score (nSPS) is 9.74. The van der Waals surface area contributed by atoms with E-state index < -0.39 is 23.7 Å². The molecule has 0 spiro atoms. The summed E-state index contributed by atoms with van der Waals surface area (Å²) in [5, 5.41) is 8.27. The monoisotopic (exact) mass is 276 g/mol. The lowest BCUT2D eigenvalue weighted by molar-refractivity contribution is -0.151. The predicted octanol–water partition coefficient (Wildman–Crippen LogP) is -0.457. The number of rotatable bonds is 10. The minimum absolute atomic E-state index is 0.0137. The number of aliphatic carboxylic acids is 1. The lowest BCUT2D eigenvalue weighted by Crippen LogP contribution is -2.17. The lowest BCUT2D eigenvalue weighted by atomic mass is 10.2. The van der Waals surface area contributed by atoms with Crippen LogP contribution in [0.1, 0.15) is 19.8 Å². The van der Waals surface area contributed by atoms with Gasteiger partial charge in [-0.1, -0.05) is 0 Å². The third-order valence-electron chi connectivity index (χ3n) is 1.82. The molecule has 108 valence electrons. The van der Waals surface area contributed by atoms with Gasteiger partial charge in [0.1, 0.15) is 13.2 Å². The Morgan fingerprint density at radius 1 is 0.895 bits per heavy atom. The van der Waals surface area contributed by atoms with Crippen molar-refractivity contribution < 1.29 is 38.5 Å². The highest BCUT2D eigenvalue weighted by Crippen LogP contribution is 1.95. The van der Waals surface area contributed by atoms with Crippen LogP contribution in [0, 0.1) is 0 Å². The Morgan fingerprint density at radius 3 is 2.00 bits per heavy atom. The van der Waals surface area contributed by atoms with Crippen LogP contribution in [0.15, 0.2) is 0 Å². The molecule has 8 heteroatoms. The first-order chi connectivity index (χ1) is 8.93. The molecule has 0 aromatic rings. The Hall–Kier alpha value is -1.96. The van der Waals surface area contributed by atoms with Crippen LogP contribution in [-0.2, 0) is 33.4 Å². The number of carbonyl (C=O) groups is 4. The fourth-order valence-corrected chi connectivity index (χ4v) is 0.956. The number of ether oxygens (including phenoxy) is 3. The third kappa shape index (κ3) is 10.9. The second kappa shape index (κ2) is 10.0. The van der Waals surface area contributed by atoms with Gasteiger partial charge in [-0.25, -0.2) is 4.79 Å². The quantitative estimate of drug-likeness (QED) is 0.324. The van der Waals surface area contributed by atoms with E-state index >= 15 is 0 Å². The molecule has 0 saturated heterocycles. The molecule has 0 aliphatic rings. The maximum Gasteiger partial charge on any atom is 0.372 e. The van der Waals surface area contributed by atoms with Gasteiger partial charge in [0.15, 0.2) is 0 Å². The van der Waals surface area contributed by atoms with E-state index in [2.05, 4.69) is 9.47 Å². The molecular formula is C11H16O8. The van der Waals surface area contributed by atoms with Crippen LogP contribution >= 0.6 is 0 Å². The number of carboxylic acids is 1. The van der Waals surface area contributed by atoms with E-state index in [4.69, 9.17) is 9.84 Å². The van der Waals surface area contributed by atoms with Crippen LogP contribution in [0.5, 0.6) is 0 Å². The van der Waals surface area contributed by atoms with Gasteiger partial charge in [-0.15, -0.1) is 0 Å². The molecule has 0 amide bonds. The van der Waals surface area contributed by atoms with Gasteiger partial charge >= 0.3 is 17.9 Å². The maximum atomic E-state index is 11.1. The Labute approximate surface area is 109 Å². The molecule has 0 bridgehead atoms. The Balaban J connectivity index is 3.41. The molecule has 8 nitrogen and oxygen atoms in total. The summed E-state index contributed by atoms with van der Waals surface area (Å²) < 4.78 is 14.3. The Bertz CT molecular complexity index is 336. The van der Waals surface area contributed by atoms with Gasteiger partial charge in [0.05, 0.1) is 19.6 Å². The van der Waals surface area contributed by atoms with E-state index in [0.717, 1.165) is 0 Å². The average molecular weight is 276 g/mol. The van der Waals surface area contributed by atoms with E-state index in [9.17, 15) is 19.2 Å².